The number of carbonyl (C=O) groups is 1. The van der Waals surface area contributed by atoms with Gasteiger partial charge in [-0.3, -0.25) is 4.79 Å². The van der Waals surface area contributed by atoms with Crippen molar-refractivity contribution in [1.82, 2.24) is 10.1 Å². The zero-order valence-electron chi connectivity index (χ0n) is 13.5. The van der Waals surface area contributed by atoms with Crippen molar-refractivity contribution in [2.24, 2.45) is 5.41 Å². The first-order valence-corrected chi connectivity index (χ1v) is 8.69. The summed E-state index contributed by atoms with van der Waals surface area (Å²) >= 11 is 0. The van der Waals surface area contributed by atoms with Gasteiger partial charge in [-0.05, 0) is 32.6 Å². The average molecular weight is 320 g/mol. The van der Waals surface area contributed by atoms with Crippen LogP contribution in [0.5, 0.6) is 0 Å². The van der Waals surface area contributed by atoms with Crippen LogP contribution in [0.3, 0.4) is 0 Å². The van der Waals surface area contributed by atoms with Gasteiger partial charge in [-0.15, -0.1) is 0 Å². The third-order valence-corrected chi connectivity index (χ3v) is 5.82. The fourth-order valence-electron chi connectivity index (χ4n) is 4.06. The summed E-state index contributed by atoms with van der Waals surface area (Å²) in [6.45, 7) is 3.94. The van der Waals surface area contributed by atoms with Crippen LogP contribution in [0.2, 0.25) is 0 Å². The zero-order valence-corrected chi connectivity index (χ0v) is 13.5. The number of likely N-dealkylation sites (tertiary alicyclic amines) is 1. The molecule has 6 heteroatoms. The smallest absolute Gasteiger partial charge is 0.276 e. The number of hydrogen-bond donors (Lipinski definition) is 1. The molecule has 23 heavy (non-hydrogen) atoms. The number of aliphatic hydroxyl groups is 1. The van der Waals surface area contributed by atoms with Gasteiger partial charge in [0.25, 0.3) is 5.91 Å². The summed E-state index contributed by atoms with van der Waals surface area (Å²) in [7, 11) is 0. The van der Waals surface area contributed by atoms with Crippen LogP contribution in [0.25, 0.3) is 0 Å². The molecule has 126 valence electrons. The molecular weight excluding hydrogens is 296 g/mol. The van der Waals surface area contributed by atoms with Crippen molar-refractivity contribution in [3.63, 3.8) is 0 Å². The van der Waals surface area contributed by atoms with E-state index < -0.39 is 0 Å². The number of amides is 1. The third kappa shape index (κ3) is 2.48. The molecule has 0 aromatic carbocycles. The fraction of sp³-hybridized carbons (Fsp3) is 0.765. The third-order valence-electron chi connectivity index (χ3n) is 5.82. The lowest BCUT2D eigenvalue weighted by Gasteiger charge is -2.56. The number of aromatic nitrogens is 1. The van der Waals surface area contributed by atoms with Gasteiger partial charge in [0.05, 0.1) is 12.2 Å². The number of aliphatic hydroxyl groups excluding tert-OH is 1. The SMILES string of the molecule is CCO[C@@H]1C[C@H](O)C12CCN(C(=O)c1cc(C3CC3)on1)CC2. The number of rotatable bonds is 4. The van der Waals surface area contributed by atoms with E-state index in [4.69, 9.17) is 9.26 Å². The van der Waals surface area contributed by atoms with Crippen molar-refractivity contribution in [2.75, 3.05) is 19.7 Å². The van der Waals surface area contributed by atoms with E-state index in [1.165, 1.54) is 0 Å². The van der Waals surface area contributed by atoms with Gasteiger partial charge in [-0.2, -0.15) is 0 Å². The van der Waals surface area contributed by atoms with Gasteiger partial charge in [0.2, 0.25) is 0 Å². The predicted octanol–water partition coefficient (Wildman–Crippen LogP) is 1.94. The van der Waals surface area contributed by atoms with Gasteiger partial charge < -0.3 is 19.3 Å². The summed E-state index contributed by atoms with van der Waals surface area (Å²) in [6, 6.07) is 1.80. The maximum atomic E-state index is 12.6. The molecule has 0 radical (unpaired) electrons. The van der Waals surface area contributed by atoms with Gasteiger partial charge in [-0.25, -0.2) is 0 Å². The monoisotopic (exact) mass is 320 g/mol. The van der Waals surface area contributed by atoms with Gasteiger partial charge >= 0.3 is 0 Å². The van der Waals surface area contributed by atoms with Crippen molar-refractivity contribution in [2.45, 2.75) is 57.2 Å². The molecule has 0 bridgehead atoms. The molecule has 1 aromatic heterocycles. The highest BCUT2D eigenvalue weighted by Crippen LogP contribution is 2.51. The molecule has 0 unspecified atom stereocenters. The highest BCUT2D eigenvalue weighted by atomic mass is 16.5. The second-order valence-corrected chi connectivity index (χ2v) is 7.11. The minimum Gasteiger partial charge on any atom is -0.392 e. The molecule has 1 aromatic rings. The molecule has 3 fully saturated rings. The van der Waals surface area contributed by atoms with Crippen molar-refractivity contribution in [3.05, 3.63) is 17.5 Å². The average Bonchev–Trinajstić information content (AvgIpc) is 3.31. The lowest BCUT2D eigenvalue weighted by Crippen LogP contribution is -2.62. The Bertz CT molecular complexity index is 585. The summed E-state index contributed by atoms with van der Waals surface area (Å²) in [5.74, 6) is 1.25. The van der Waals surface area contributed by atoms with E-state index in [0.29, 0.717) is 31.3 Å². The molecule has 1 saturated heterocycles. The van der Waals surface area contributed by atoms with E-state index >= 15 is 0 Å². The number of piperidine rings is 1. The van der Waals surface area contributed by atoms with E-state index in [-0.39, 0.29) is 23.5 Å². The fourth-order valence-corrected chi connectivity index (χ4v) is 4.06. The number of carbonyl (C=O) groups excluding carboxylic acids is 1. The zero-order chi connectivity index (χ0) is 16.0. The quantitative estimate of drug-likeness (QED) is 0.917. The molecule has 2 atom stereocenters. The summed E-state index contributed by atoms with van der Waals surface area (Å²) in [5.41, 5.74) is 0.258. The first-order valence-electron chi connectivity index (χ1n) is 8.69. The van der Waals surface area contributed by atoms with Crippen molar-refractivity contribution in [3.8, 4) is 0 Å². The van der Waals surface area contributed by atoms with Gasteiger partial charge in [0, 0.05) is 43.5 Å². The van der Waals surface area contributed by atoms with Gasteiger partial charge in [0.1, 0.15) is 5.76 Å². The normalized spacial score (nSPS) is 29.6. The molecule has 1 amide bonds. The Morgan fingerprint density at radius 3 is 2.83 bits per heavy atom. The minimum absolute atomic E-state index is 0.0581. The van der Waals surface area contributed by atoms with Crippen molar-refractivity contribution >= 4 is 5.91 Å². The summed E-state index contributed by atoms with van der Waals surface area (Å²) in [6.07, 6.45) is 4.39. The molecular formula is C17H24N2O4. The van der Waals surface area contributed by atoms with Crippen LogP contribution in [0.4, 0.5) is 0 Å². The molecule has 2 heterocycles. The van der Waals surface area contributed by atoms with Crippen LogP contribution in [0.15, 0.2) is 10.6 Å². The molecule has 1 N–H and O–H groups in total. The van der Waals surface area contributed by atoms with Crippen LogP contribution in [0, 0.1) is 5.41 Å². The topological polar surface area (TPSA) is 75.8 Å². The highest BCUT2D eigenvalue weighted by Gasteiger charge is 2.56. The molecule has 2 saturated carbocycles. The maximum Gasteiger partial charge on any atom is 0.276 e. The molecule has 3 aliphatic rings. The highest BCUT2D eigenvalue weighted by molar-refractivity contribution is 5.92. The maximum absolute atomic E-state index is 12.6. The van der Waals surface area contributed by atoms with E-state index in [0.717, 1.165) is 37.9 Å². The molecule has 1 spiro atoms. The molecule has 1 aliphatic heterocycles. The van der Waals surface area contributed by atoms with E-state index in [2.05, 4.69) is 5.16 Å². The predicted molar refractivity (Wildman–Crippen MR) is 82.1 cm³/mol. The van der Waals surface area contributed by atoms with Crippen molar-refractivity contribution in [1.29, 1.82) is 0 Å². The second kappa shape index (κ2) is 5.60. The van der Waals surface area contributed by atoms with Crippen molar-refractivity contribution < 1.29 is 19.2 Å². The standard InChI is InChI=1S/C17H24N2O4/c1-2-22-15-10-14(20)17(15)5-7-19(8-6-17)16(21)12-9-13(23-18-12)11-3-4-11/h9,11,14-15,20H,2-8,10H2,1H3/t14-,15+/m0/s1. The Kier molecular flexibility index (Phi) is 3.69. The Labute approximate surface area is 135 Å². The Morgan fingerprint density at radius 2 is 2.22 bits per heavy atom. The minimum atomic E-state index is -0.301. The van der Waals surface area contributed by atoms with Gasteiger partial charge in [-0.1, -0.05) is 5.16 Å². The number of hydrogen-bond acceptors (Lipinski definition) is 5. The lowest BCUT2D eigenvalue weighted by molar-refractivity contribution is -0.207. The number of nitrogens with zero attached hydrogens (tertiary/aromatic N) is 2. The Balaban J connectivity index is 1.39. The van der Waals surface area contributed by atoms with Crippen LogP contribution < -0.4 is 0 Å². The summed E-state index contributed by atoms with van der Waals surface area (Å²) < 4.78 is 11.1. The van der Waals surface area contributed by atoms with Crippen LogP contribution in [-0.2, 0) is 4.74 Å². The largest absolute Gasteiger partial charge is 0.392 e. The molecule has 4 rings (SSSR count). The van der Waals surface area contributed by atoms with E-state index in [1.807, 2.05) is 11.8 Å². The van der Waals surface area contributed by atoms with Crippen LogP contribution >= 0.6 is 0 Å². The lowest BCUT2D eigenvalue weighted by atomic mass is 9.58. The van der Waals surface area contributed by atoms with Crippen LogP contribution in [0.1, 0.15) is 61.2 Å². The van der Waals surface area contributed by atoms with Gasteiger partial charge in [0.15, 0.2) is 5.69 Å². The Hall–Kier alpha value is -1.40. The molecule has 6 nitrogen and oxygen atoms in total. The van der Waals surface area contributed by atoms with E-state index in [1.54, 1.807) is 6.07 Å². The summed E-state index contributed by atoms with van der Waals surface area (Å²) in [4.78, 5) is 14.4. The van der Waals surface area contributed by atoms with Crippen LogP contribution in [-0.4, -0.2) is 53.0 Å². The molecule has 2 aliphatic carbocycles. The Morgan fingerprint density at radius 1 is 1.48 bits per heavy atom. The first-order chi connectivity index (χ1) is 11.1. The van der Waals surface area contributed by atoms with E-state index in [9.17, 15) is 9.90 Å². The second-order valence-electron chi connectivity index (χ2n) is 7.11. The number of ether oxygens (including phenoxy) is 1. The first kappa shape index (κ1) is 15.1. The summed E-state index contributed by atoms with van der Waals surface area (Å²) in [5, 5.41) is 14.2.